The van der Waals surface area contributed by atoms with Crippen molar-refractivity contribution in [3.8, 4) is 0 Å². The zero-order valence-electron chi connectivity index (χ0n) is 11.5. The van der Waals surface area contributed by atoms with Crippen LogP contribution in [0.5, 0.6) is 0 Å². The highest BCUT2D eigenvalue weighted by Gasteiger charge is 2.30. The monoisotopic (exact) mass is 298 g/mol. The highest BCUT2D eigenvalue weighted by atomic mass is 19.4. The SMILES string of the molecule is FC(F)(F)c1ccn2c(CN3CCCNCC3)cnc2c1. The fourth-order valence-corrected chi connectivity index (χ4v) is 2.62. The van der Waals surface area contributed by atoms with Gasteiger partial charge in [-0.1, -0.05) is 0 Å². The van der Waals surface area contributed by atoms with Crippen LogP contribution in [0.15, 0.2) is 24.5 Å². The zero-order chi connectivity index (χ0) is 14.9. The smallest absolute Gasteiger partial charge is 0.315 e. The van der Waals surface area contributed by atoms with E-state index in [1.807, 2.05) is 0 Å². The first-order valence-electron chi connectivity index (χ1n) is 7.00. The highest BCUT2D eigenvalue weighted by Crippen LogP contribution is 2.29. The molecule has 3 heterocycles. The minimum atomic E-state index is -4.33. The van der Waals surface area contributed by atoms with Crippen molar-refractivity contribution in [1.82, 2.24) is 19.6 Å². The van der Waals surface area contributed by atoms with Crippen molar-refractivity contribution in [2.75, 3.05) is 26.2 Å². The van der Waals surface area contributed by atoms with Gasteiger partial charge >= 0.3 is 6.18 Å². The molecule has 1 aliphatic rings. The lowest BCUT2D eigenvalue weighted by Crippen LogP contribution is -2.28. The average Bonchev–Trinajstić information content (AvgIpc) is 2.66. The standard InChI is InChI=1S/C14H17F3N4/c15-14(16,17)11-2-6-21-12(9-19-13(21)8-11)10-20-5-1-3-18-4-7-20/h2,6,8-9,18H,1,3-5,7,10H2. The number of hydrogen-bond donors (Lipinski definition) is 1. The Kier molecular flexibility index (Phi) is 3.86. The lowest BCUT2D eigenvalue weighted by atomic mass is 10.2. The van der Waals surface area contributed by atoms with E-state index >= 15 is 0 Å². The maximum Gasteiger partial charge on any atom is 0.416 e. The van der Waals surface area contributed by atoms with Gasteiger partial charge in [0.25, 0.3) is 0 Å². The molecule has 4 nitrogen and oxygen atoms in total. The number of nitrogens with one attached hydrogen (secondary N) is 1. The first kappa shape index (κ1) is 14.3. The van der Waals surface area contributed by atoms with E-state index < -0.39 is 11.7 Å². The Morgan fingerprint density at radius 3 is 2.90 bits per heavy atom. The summed E-state index contributed by atoms with van der Waals surface area (Å²) < 4.78 is 39.8. The van der Waals surface area contributed by atoms with Crippen molar-refractivity contribution in [2.24, 2.45) is 0 Å². The van der Waals surface area contributed by atoms with Crippen LogP contribution in [0.25, 0.3) is 5.65 Å². The minimum absolute atomic E-state index is 0.341. The van der Waals surface area contributed by atoms with Gasteiger partial charge in [-0.25, -0.2) is 4.98 Å². The van der Waals surface area contributed by atoms with Crippen LogP contribution in [0.1, 0.15) is 17.7 Å². The largest absolute Gasteiger partial charge is 0.416 e. The number of halogens is 3. The van der Waals surface area contributed by atoms with Crippen LogP contribution < -0.4 is 5.32 Å². The number of fused-ring (bicyclic) bond motifs is 1. The molecule has 0 atom stereocenters. The fourth-order valence-electron chi connectivity index (χ4n) is 2.62. The summed E-state index contributed by atoms with van der Waals surface area (Å²) in [5.74, 6) is 0. The summed E-state index contributed by atoms with van der Waals surface area (Å²) in [6.07, 6.45) is -0.135. The summed E-state index contributed by atoms with van der Waals surface area (Å²) in [5, 5.41) is 3.33. The summed E-state index contributed by atoms with van der Waals surface area (Å²) in [6.45, 7) is 4.58. The second-order valence-electron chi connectivity index (χ2n) is 5.27. The summed E-state index contributed by atoms with van der Waals surface area (Å²) in [6, 6.07) is 2.19. The lowest BCUT2D eigenvalue weighted by Gasteiger charge is -2.18. The van der Waals surface area contributed by atoms with E-state index in [4.69, 9.17) is 0 Å². The van der Waals surface area contributed by atoms with Crippen LogP contribution >= 0.6 is 0 Å². The van der Waals surface area contributed by atoms with Crippen molar-refractivity contribution in [1.29, 1.82) is 0 Å². The Morgan fingerprint density at radius 2 is 2.10 bits per heavy atom. The molecule has 3 rings (SSSR count). The van der Waals surface area contributed by atoms with E-state index in [2.05, 4.69) is 15.2 Å². The van der Waals surface area contributed by atoms with Gasteiger partial charge in [0.1, 0.15) is 5.65 Å². The molecule has 0 bridgehead atoms. The fraction of sp³-hybridized carbons (Fsp3) is 0.500. The zero-order valence-corrected chi connectivity index (χ0v) is 11.5. The maximum absolute atomic E-state index is 12.7. The quantitative estimate of drug-likeness (QED) is 0.922. The molecular weight excluding hydrogens is 281 g/mol. The number of pyridine rings is 1. The minimum Gasteiger partial charge on any atom is -0.315 e. The normalized spacial score (nSPS) is 18.0. The molecule has 0 aromatic carbocycles. The molecule has 2 aromatic heterocycles. The molecule has 7 heteroatoms. The highest BCUT2D eigenvalue weighted by molar-refractivity contribution is 5.44. The second-order valence-corrected chi connectivity index (χ2v) is 5.27. The number of aromatic nitrogens is 2. The third kappa shape index (κ3) is 3.19. The molecule has 1 fully saturated rings. The van der Waals surface area contributed by atoms with Gasteiger partial charge in [0, 0.05) is 25.8 Å². The van der Waals surface area contributed by atoms with E-state index in [9.17, 15) is 13.2 Å². The molecule has 1 aliphatic heterocycles. The van der Waals surface area contributed by atoms with Gasteiger partial charge in [0.05, 0.1) is 17.5 Å². The van der Waals surface area contributed by atoms with Crippen LogP contribution in [-0.4, -0.2) is 40.5 Å². The predicted molar refractivity (Wildman–Crippen MR) is 73.0 cm³/mol. The summed E-state index contributed by atoms with van der Waals surface area (Å²) >= 11 is 0. The van der Waals surface area contributed by atoms with Crippen molar-refractivity contribution >= 4 is 5.65 Å². The third-order valence-corrected chi connectivity index (χ3v) is 3.74. The molecule has 0 spiro atoms. The molecule has 0 saturated carbocycles. The van der Waals surface area contributed by atoms with Gasteiger partial charge in [0.15, 0.2) is 0 Å². The summed E-state index contributed by atoms with van der Waals surface area (Å²) in [7, 11) is 0. The third-order valence-electron chi connectivity index (χ3n) is 3.74. The van der Waals surface area contributed by atoms with Gasteiger partial charge < -0.3 is 9.72 Å². The van der Waals surface area contributed by atoms with Crippen LogP contribution in [0.2, 0.25) is 0 Å². The van der Waals surface area contributed by atoms with E-state index in [1.165, 1.54) is 6.20 Å². The molecule has 0 amide bonds. The first-order valence-corrected chi connectivity index (χ1v) is 7.00. The van der Waals surface area contributed by atoms with Crippen molar-refractivity contribution in [3.63, 3.8) is 0 Å². The van der Waals surface area contributed by atoms with E-state index in [1.54, 1.807) is 10.6 Å². The molecule has 21 heavy (non-hydrogen) atoms. The average molecular weight is 298 g/mol. The van der Waals surface area contributed by atoms with Gasteiger partial charge in [-0.05, 0) is 31.6 Å². The van der Waals surface area contributed by atoms with Gasteiger partial charge in [0.2, 0.25) is 0 Å². The van der Waals surface area contributed by atoms with E-state index in [0.717, 1.165) is 50.4 Å². The Balaban J connectivity index is 1.83. The maximum atomic E-state index is 12.7. The number of nitrogens with zero attached hydrogens (tertiary/aromatic N) is 3. The van der Waals surface area contributed by atoms with Gasteiger partial charge in [-0.2, -0.15) is 13.2 Å². The number of imidazole rings is 1. The molecule has 0 radical (unpaired) electrons. The number of rotatable bonds is 2. The Bertz CT molecular complexity index is 612. The van der Waals surface area contributed by atoms with Crippen LogP contribution in [0, 0.1) is 0 Å². The Hall–Kier alpha value is -1.60. The molecule has 1 saturated heterocycles. The topological polar surface area (TPSA) is 32.6 Å². The van der Waals surface area contributed by atoms with E-state index in [-0.39, 0.29) is 0 Å². The summed E-state index contributed by atoms with van der Waals surface area (Å²) in [5.41, 5.74) is 0.597. The second kappa shape index (κ2) is 5.65. The van der Waals surface area contributed by atoms with Crippen molar-refractivity contribution in [3.05, 3.63) is 35.8 Å². The van der Waals surface area contributed by atoms with Crippen LogP contribution in [0.4, 0.5) is 13.2 Å². The van der Waals surface area contributed by atoms with Crippen LogP contribution in [0.3, 0.4) is 0 Å². The Labute approximate surface area is 120 Å². The molecule has 0 aliphatic carbocycles. The van der Waals surface area contributed by atoms with E-state index in [0.29, 0.717) is 12.2 Å². The Morgan fingerprint density at radius 1 is 1.24 bits per heavy atom. The van der Waals surface area contributed by atoms with Crippen molar-refractivity contribution in [2.45, 2.75) is 19.1 Å². The molecule has 114 valence electrons. The first-order chi connectivity index (χ1) is 10.0. The molecule has 0 unspecified atom stereocenters. The lowest BCUT2D eigenvalue weighted by molar-refractivity contribution is -0.137. The van der Waals surface area contributed by atoms with Crippen molar-refractivity contribution < 1.29 is 13.2 Å². The number of hydrogen-bond acceptors (Lipinski definition) is 3. The van der Waals surface area contributed by atoms with Crippen LogP contribution in [-0.2, 0) is 12.7 Å². The molecule has 1 N–H and O–H groups in total. The molecular formula is C14H17F3N4. The summed E-state index contributed by atoms with van der Waals surface area (Å²) in [4.78, 5) is 6.40. The number of alkyl halides is 3. The predicted octanol–water partition coefficient (Wildman–Crippen LogP) is 2.15. The van der Waals surface area contributed by atoms with Gasteiger partial charge in [-0.3, -0.25) is 4.90 Å². The molecule has 2 aromatic rings. The van der Waals surface area contributed by atoms with Gasteiger partial charge in [-0.15, -0.1) is 0 Å².